The minimum absolute atomic E-state index is 0.0217. The van der Waals surface area contributed by atoms with Crippen molar-refractivity contribution >= 4 is 23.2 Å². The molecule has 0 aliphatic carbocycles. The molecule has 0 saturated carbocycles. The minimum Gasteiger partial charge on any atom is -0.465 e. The fourth-order valence-electron chi connectivity index (χ4n) is 2.85. The molecule has 7 nitrogen and oxygen atoms in total. The number of ether oxygens (including phenoxy) is 1. The largest absolute Gasteiger partial charge is 0.465 e. The van der Waals surface area contributed by atoms with Gasteiger partial charge < -0.3 is 14.2 Å². The number of carbonyl (C=O) groups is 2. The highest BCUT2D eigenvalue weighted by Gasteiger charge is 2.30. The molecule has 0 spiro atoms. The summed E-state index contributed by atoms with van der Waals surface area (Å²) in [6.45, 7) is 1.42. The Balaban J connectivity index is 1.66. The molecule has 1 amide bonds. The van der Waals surface area contributed by atoms with Gasteiger partial charge in [-0.05, 0) is 36.1 Å². The van der Waals surface area contributed by atoms with E-state index in [1.807, 2.05) is 17.5 Å². The number of nitrogens with zero attached hydrogens (tertiary/aromatic N) is 3. The number of alkyl halides is 3. The Morgan fingerprint density at radius 2 is 1.94 bits per heavy atom. The van der Waals surface area contributed by atoms with Gasteiger partial charge in [0.15, 0.2) is 0 Å². The fourth-order valence-corrected chi connectivity index (χ4v) is 3.50. The summed E-state index contributed by atoms with van der Waals surface area (Å²) in [7, 11) is 0. The van der Waals surface area contributed by atoms with E-state index < -0.39 is 23.6 Å². The van der Waals surface area contributed by atoms with Gasteiger partial charge in [-0.2, -0.15) is 18.2 Å². The van der Waals surface area contributed by atoms with E-state index in [0.29, 0.717) is 11.4 Å². The van der Waals surface area contributed by atoms with E-state index in [9.17, 15) is 22.8 Å². The second kappa shape index (κ2) is 10.4. The van der Waals surface area contributed by atoms with Crippen LogP contribution in [0.15, 0.2) is 46.3 Å². The van der Waals surface area contributed by atoms with Gasteiger partial charge in [0, 0.05) is 19.4 Å². The highest BCUT2D eigenvalue weighted by Crippen LogP contribution is 2.29. The van der Waals surface area contributed by atoms with E-state index in [0.717, 1.165) is 17.0 Å². The van der Waals surface area contributed by atoms with Crippen LogP contribution in [0.4, 0.5) is 13.2 Å². The minimum atomic E-state index is -4.45. The molecule has 2 heterocycles. The number of benzene rings is 1. The molecule has 32 heavy (non-hydrogen) atoms. The SMILES string of the molecule is CCOC(=O)CN(Cc1ccc(C(F)(F)F)cc1)C(=O)CCc1nc(-c2cccs2)no1. The van der Waals surface area contributed by atoms with Crippen molar-refractivity contribution in [1.29, 1.82) is 0 Å². The van der Waals surface area contributed by atoms with Crippen molar-refractivity contribution in [1.82, 2.24) is 15.0 Å². The number of hydrogen-bond donors (Lipinski definition) is 0. The number of rotatable bonds is 9. The topological polar surface area (TPSA) is 85.5 Å². The number of thiophene rings is 1. The van der Waals surface area contributed by atoms with Crippen LogP contribution < -0.4 is 0 Å². The molecular weight excluding hydrogens is 447 g/mol. The van der Waals surface area contributed by atoms with Crippen LogP contribution in [0.3, 0.4) is 0 Å². The average molecular weight is 467 g/mol. The highest BCUT2D eigenvalue weighted by molar-refractivity contribution is 7.13. The predicted octanol–water partition coefficient (Wildman–Crippen LogP) is 4.34. The van der Waals surface area contributed by atoms with E-state index in [-0.39, 0.29) is 38.4 Å². The van der Waals surface area contributed by atoms with Gasteiger partial charge in [-0.3, -0.25) is 9.59 Å². The van der Waals surface area contributed by atoms with Gasteiger partial charge in [-0.25, -0.2) is 0 Å². The predicted molar refractivity (Wildman–Crippen MR) is 109 cm³/mol. The Kier molecular flexibility index (Phi) is 7.62. The Morgan fingerprint density at radius 1 is 1.19 bits per heavy atom. The van der Waals surface area contributed by atoms with Crippen LogP contribution in [0.5, 0.6) is 0 Å². The van der Waals surface area contributed by atoms with Gasteiger partial charge in [-0.15, -0.1) is 11.3 Å². The van der Waals surface area contributed by atoms with E-state index in [2.05, 4.69) is 10.1 Å². The molecule has 0 radical (unpaired) electrons. The maximum Gasteiger partial charge on any atom is 0.416 e. The molecule has 1 aromatic carbocycles. The van der Waals surface area contributed by atoms with Gasteiger partial charge in [0.2, 0.25) is 17.6 Å². The zero-order chi connectivity index (χ0) is 23.1. The third-order valence-electron chi connectivity index (χ3n) is 4.40. The fraction of sp³-hybridized carbons (Fsp3) is 0.333. The van der Waals surface area contributed by atoms with Crippen molar-refractivity contribution in [3.8, 4) is 10.7 Å². The van der Waals surface area contributed by atoms with E-state index >= 15 is 0 Å². The molecular formula is C21H20F3N3O4S. The van der Waals surface area contributed by atoms with Gasteiger partial charge in [-0.1, -0.05) is 23.4 Å². The second-order valence-electron chi connectivity index (χ2n) is 6.74. The summed E-state index contributed by atoms with van der Waals surface area (Å²) in [5.74, 6) is -0.303. The highest BCUT2D eigenvalue weighted by atomic mass is 32.1. The molecule has 0 atom stereocenters. The van der Waals surface area contributed by atoms with Crippen LogP contribution in [0, 0.1) is 0 Å². The average Bonchev–Trinajstić information content (AvgIpc) is 3.43. The molecule has 0 N–H and O–H groups in total. The summed E-state index contributed by atoms with van der Waals surface area (Å²) < 4.78 is 48.4. The van der Waals surface area contributed by atoms with Crippen LogP contribution in [0.1, 0.15) is 30.4 Å². The maximum atomic E-state index is 12.8. The number of aryl methyl sites for hydroxylation is 1. The molecule has 3 rings (SSSR count). The summed E-state index contributed by atoms with van der Waals surface area (Å²) in [5.41, 5.74) is -0.337. The standard InChI is InChI=1S/C21H20F3N3O4S/c1-2-30-19(29)13-27(12-14-5-7-15(8-6-14)21(22,23)24)18(28)10-9-17-25-20(26-31-17)16-4-3-11-32-16/h3-8,11H,2,9-10,12-13H2,1H3. The lowest BCUT2D eigenvalue weighted by Gasteiger charge is -2.22. The van der Waals surface area contributed by atoms with E-state index in [4.69, 9.17) is 9.26 Å². The number of carbonyl (C=O) groups excluding carboxylic acids is 2. The van der Waals surface area contributed by atoms with Crippen molar-refractivity contribution in [3.05, 3.63) is 58.8 Å². The molecule has 170 valence electrons. The number of esters is 1. The van der Waals surface area contributed by atoms with Crippen molar-refractivity contribution in [2.24, 2.45) is 0 Å². The van der Waals surface area contributed by atoms with Crippen LogP contribution in [0.25, 0.3) is 10.7 Å². The third-order valence-corrected chi connectivity index (χ3v) is 5.26. The monoisotopic (exact) mass is 467 g/mol. The van der Waals surface area contributed by atoms with Crippen LogP contribution in [-0.2, 0) is 33.5 Å². The summed E-state index contributed by atoms with van der Waals surface area (Å²) in [5, 5.41) is 5.76. The van der Waals surface area contributed by atoms with E-state index in [1.165, 1.54) is 28.4 Å². The van der Waals surface area contributed by atoms with Crippen LogP contribution >= 0.6 is 11.3 Å². The Bertz CT molecular complexity index is 1030. The molecule has 0 bridgehead atoms. The van der Waals surface area contributed by atoms with Gasteiger partial charge >= 0.3 is 12.1 Å². The summed E-state index contributed by atoms with van der Waals surface area (Å²) in [6, 6.07) is 8.13. The van der Waals surface area contributed by atoms with Crippen molar-refractivity contribution in [2.75, 3.05) is 13.2 Å². The molecule has 3 aromatic rings. The number of amides is 1. The smallest absolute Gasteiger partial charge is 0.416 e. The summed E-state index contributed by atoms with van der Waals surface area (Å²) >= 11 is 1.45. The zero-order valence-corrected chi connectivity index (χ0v) is 17.9. The second-order valence-corrected chi connectivity index (χ2v) is 7.69. The van der Waals surface area contributed by atoms with Crippen LogP contribution in [0.2, 0.25) is 0 Å². The third kappa shape index (κ3) is 6.39. The molecule has 0 saturated heterocycles. The lowest BCUT2D eigenvalue weighted by Crippen LogP contribution is -2.36. The van der Waals surface area contributed by atoms with Crippen molar-refractivity contribution < 1.29 is 32.0 Å². The summed E-state index contributed by atoms with van der Waals surface area (Å²) in [6.07, 6.45) is -4.32. The molecule has 2 aromatic heterocycles. The summed E-state index contributed by atoms with van der Waals surface area (Å²) in [4.78, 5) is 31.0. The molecule has 11 heteroatoms. The number of hydrogen-bond acceptors (Lipinski definition) is 7. The molecule has 0 aliphatic heterocycles. The van der Waals surface area contributed by atoms with Gasteiger partial charge in [0.05, 0.1) is 17.0 Å². The first-order valence-electron chi connectivity index (χ1n) is 9.72. The molecule has 0 aliphatic rings. The lowest BCUT2D eigenvalue weighted by atomic mass is 10.1. The Hall–Kier alpha value is -3.21. The molecule has 0 unspecified atom stereocenters. The normalized spacial score (nSPS) is 11.4. The molecule has 0 fully saturated rings. The van der Waals surface area contributed by atoms with Gasteiger partial charge in [0.25, 0.3) is 0 Å². The lowest BCUT2D eigenvalue weighted by molar-refractivity contribution is -0.149. The maximum absolute atomic E-state index is 12.8. The Morgan fingerprint density at radius 3 is 2.56 bits per heavy atom. The first-order chi connectivity index (χ1) is 15.3. The van der Waals surface area contributed by atoms with Crippen molar-refractivity contribution in [2.45, 2.75) is 32.5 Å². The Labute approximate surface area is 185 Å². The van der Waals surface area contributed by atoms with Crippen LogP contribution in [-0.4, -0.2) is 40.1 Å². The van der Waals surface area contributed by atoms with E-state index in [1.54, 1.807) is 6.92 Å². The van der Waals surface area contributed by atoms with Gasteiger partial charge in [0.1, 0.15) is 6.54 Å². The zero-order valence-electron chi connectivity index (χ0n) is 17.1. The number of aromatic nitrogens is 2. The first-order valence-corrected chi connectivity index (χ1v) is 10.6. The number of halogens is 3. The first kappa shape index (κ1) is 23.5. The van der Waals surface area contributed by atoms with Crippen molar-refractivity contribution in [3.63, 3.8) is 0 Å². The quantitative estimate of drug-likeness (QED) is 0.435.